The van der Waals surface area contributed by atoms with Crippen LogP contribution in [0.1, 0.15) is 11.3 Å². The molecule has 0 unspecified atom stereocenters. The molecule has 0 saturated heterocycles. The Balaban J connectivity index is 1.88. The van der Waals surface area contributed by atoms with Gasteiger partial charge in [-0.25, -0.2) is 4.98 Å². The van der Waals surface area contributed by atoms with Crippen molar-refractivity contribution in [1.29, 1.82) is 0 Å². The third kappa shape index (κ3) is 3.88. The van der Waals surface area contributed by atoms with E-state index in [1.54, 1.807) is 0 Å². The highest BCUT2D eigenvalue weighted by atomic mass is 15.2. The van der Waals surface area contributed by atoms with Gasteiger partial charge in [-0.3, -0.25) is 0 Å². The fourth-order valence-electron chi connectivity index (χ4n) is 2.10. The van der Waals surface area contributed by atoms with Gasteiger partial charge in [0, 0.05) is 37.2 Å². The van der Waals surface area contributed by atoms with Gasteiger partial charge < -0.3 is 16.0 Å². The zero-order valence-electron chi connectivity index (χ0n) is 12.4. The largest absolute Gasteiger partial charge is 0.399 e. The maximum Gasteiger partial charge on any atom is 0.128 e. The lowest BCUT2D eigenvalue weighted by atomic mass is 10.2. The summed E-state index contributed by atoms with van der Waals surface area (Å²) in [5, 5.41) is 3.38. The molecule has 0 bridgehead atoms. The van der Waals surface area contributed by atoms with Gasteiger partial charge in [-0.05, 0) is 55.8 Å². The van der Waals surface area contributed by atoms with Crippen LogP contribution in [-0.2, 0) is 0 Å². The average molecular weight is 270 g/mol. The molecular formula is C16H22N4. The summed E-state index contributed by atoms with van der Waals surface area (Å²) in [5.74, 6) is 1.02. The van der Waals surface area contributed by atoms with Crippen LogP contribution in [0.4, 0.5) is 17.2 Å². The van der Waals surface area contributed by atoms with E-state index in [1.165, 1.54) is 5.56 Å². The number of nitrogens with zero attached hydrogens (tertiary/aromatic N) is 2. The molecule has 0 aliphatic heterocycles. The highest BCUT2D eigenvalue weighted by Gasteiger charge is 2.03. The number of nitrogen functional groups attached to an aromatic ring is 1. The minimum atomic E-state index is 0.784. The minimum Gasteiger partial charge on any atom is -0.399 e. The highest BCUT2D eigenvalue weighted by Crippen LogP contribution is 2.13. The second-order valence-corrected chi connectivity index (χ2v) is 5.11. The molecule has 4 heteroatoms. The summed E-state index contributed by atoms with van der Waals surface area (Å²) in [7, 11) is 2.06. The maximum atomic E-state index is 5.66. The molecule has 0 aliphatic carbocycles. The summed E-state index contributed by atoms with van der Waals surface area (Å²) in [5.41, 5.74) is 9.83. The summed E-state index contributed by atoms with van der Waals surface area (Å²) in [6.45, 7) is 5.87. The second kappa shape index (κ2) is 6.28. The predicted molar refractivity (Wildman–Crippen MR) is 86.3 cm³/mol. The van der Waals surface area contributed by atoms with Gasteiger partial charge in [0.05, 0.1) is 0 Å². The van der Waals surface area contributed by atoms with Crippen LogP contribution < -0.4 is 16.0 Å². The highest BCUT2D eigenvalue weighted by molar-refractivity contribution is 5.51. The van der Waals surface area contributed by atoms with E-state index in [-0.39, 0.29) is 0 Å². The van der Waals surface area contributed by atoms with E-state index in [0.717, 1.165) is 36.0 Å². The van der Waals surface area contributed by atoms with Gasteiger partial charge in [0.25, 0.3) is 0 Å². The molecule has 0 saturated carbocycles. The molecule has 0 aliphatic rings. The van der Waals surface area contributed by atoms with Gasteiger partial charge in [-0.1, -0.05) is 0 Å². The van der Waals surface area contributed by atoms with Crippen molar-refractivity contribution in [1.82, 2.24) is 4.98 Å². The smallest absolute Gasteiger partial charge is 0.128 e. The monoisotopic (exact) mass is 270 g/mol. The van der Waals surface area contributed by atoms with Gasteiger partial charge in [0.2, 0.25) is 0 Å². The maximum absolute atomic E-state index is 5.66. The van der Waals surface area contributed by atoms with Crippen LogP contribution in [0.15, 0.2) is 36.4 Å². The number of aromatic nitrogens is 1. The summed E-state index contributed by atoms with van der Waals surface area (Å²) >= 11 is 0. The first-order valence-electron chi connectivity index (χ1n) is 6.80. The SMILES string of the molecule is Cc1cc(C)nc(N(C)CCNc2ccc(N)cc2)c1. The molecular weight excluding hydrogens is 248 g/mol. The lowest BCUT2D eigenvalue weighted by Crippen LogP contribution is -2.25. The number of nitrogens with one attached hydrogen (secondary N) is 1. The van der Waals surface area contributed by atoms with Crippen molar-refractivity contribution in [2.75, 3.05) is 36.1 Å². The van der Waals surface area contributed by atoms with E-state index in [1.807, 2.05) is 31.2 Å². The molecule has 1 aromatic heterocycles. The van der Waals surface area contributed by atoms with Crippen molar-refractivity contribution in [3.8, 4) is 0 Å². The summed E-state index contributed by atoms with van der Waals surface area (Å²) in [4.78, 5) is 6.71. The van der Waals surface area contributed by atoms with Gasteiger partial charge in [-0.2, -0.15) is 0 Å². The number of aryl methyl sites for hydroxylation is 2. The standard InChI is InChI=1S/C16H22N4/c1-12-10-13(2)19-16(11-12)20(3)9-8-18-15-6-4-14(17)5-7-15/h4-7,10-11,18H,8-9,17H2,1-3H3. The molecule has 1 heterocycles. The molecule has 0 atom stereocenters. The van der Waals surface area contributed by atoms with Crippen molar-refractivity contribution < 1.29 is 0 Å². The Labute approximate surface area is 120 Å². The van der Waals surface area contributed by atoms with E-state index in [0.29, 0.717) is 0 Å². The number of hydrogen-bond acceptors (Lipinski definition) is 4. The molecule has 0 radical (unpaired) electrons. The molecule has 20 heavy (non-hydrogen) atoms. The van der Waals surface area contributed by atoms with Crippen molar-refractivity contribution in [2.45, 2.75) is 13.8 Å². The Hall–Kier alpha value is -2.23. The molecule has 2 aromatic rings. The number of likely N-dealkylation sites (N-methyl/N-ethyl adjacent to an activating group) is 1. The van der Waals surface area contributed by atoms with Crippen molar-refractivity contribution >= 4 is 17.2 Å². The first-order valence-corrected chi connectivity index (χ1v) is 6.80. The fourth-order valence-corrected chi connectivity index (χ4v) is 2.10. The van der Waals surface area contributed by atoms with Crippen LogP contribution >= 0.6 is 0 Å². The quantitative estimate of drug-likeness (QED) is 0.820. The summed E-state index contributed by atoms with van der Waals surface area (Å²) in [6.07, 6.45) is 0. The van der Waals surface area contributed by atoms with Crippen LogP contribution in [0.3, 0.4) is 0 Å². The van der Waals surface area contributed by atoms with Gasteiger partial charge in [-0.15, -0.1) is 0 Å². The third-order valence-corrected chi connectivity index (χ3v) is 3.16. The first-order chi connectivity index (χ1) is 9.54. The average Bonchev–Trinajstić information content (AvgIpc) is 2.40. The number of benzene rings is 1. The van der Waals surface area contributed by atoms with Crippen LogP contribution in [0, 0.1) is 13.8 Å². The Morgan fingerprint density at radius 2 is 1.85 bits per heavy atom. The van der Waals surface area contributed by atoms with Crippen molar-refractivity contribution in [2.24, 2.45) is 0 Å². The lowest BCUT2D eigenvalue weighted by molar-refractivity contribution is 0.887. The second-order valence-electron chi connectivity index (χ2n) is 5.11. The summed E-state index contributed by atoms with van der Waals surface area (Å²) < 4.78 is 0. The van der Waals surface area contributed by atoms with E-state index in [4.69, 9.17) is 5.73 Å². The Bertz CT molecular complexity index is 543. The normalized spacial score (nSPS) is 10.3. The zero-order chi connectivity index (χ0) is 14.5. The van der Waals surface area contributed by atoms with Crippen LogP contribution in [-0.4, -0.2) is 25.1 Å². The van der Waals surface area contributed by atoms with Gasteiger partial charge in [0.1, 0.15) is 5.82 Å². The number of rotatable bonds is 5. The topological polar surface area (TPSA) is 54.2 Å². The third-order valence-electron chi connectivity index (χ3n) is 3.16. The van der Waals surface area contributed by atoms with Crippen LogP contribution in [0.25, 0.3) is 0 Å². The Morgan fingerprint density at radius 3 is 2.50 bits per heavy atom. The van der Waals surface area contributed by atoms with E-state index < -0.39 is 0 Å². The van der Waals surface area contributed by atoms with E-state index >= 15 is 0 Å². The first kappa shape index (κ1) is 14.2. The molecule has 0 spiro atoms. The van der Waals surface area contributed by atoms with Crippen LogP contribution in [0.5, 0.6) is 0 Å². The van der Waals surface area contributed by atoms with E-state index in [2.05, 4.69) is 41.3 Å². The molecule has 106 valence electrons. The molecule has 3 N–H and O–H groups in total. The van der Waals surface area contributed by atoms with Gasteiger partial charge >= 0.3 is 0 Å². The zero-order valence-corrected chi connectivity index (χ0v) is 12.4. The number of hydrogen-bond donors (Lipinski definition) is 2. The minimum absolute atomic E-state index is 0.784. The van der Waals surface area contributed by atoms with E-state index in [9.17, 15) is 0 Å². The molecule has 0 amide bonds. The lowest BCUT2D eigenvalue weighted by Gasteiger charge is -2.19. The summed E-state index contributed by atoms with van der Waals surface area (Å²) in [6, 6.07) is 12.0. The van der Waals surface area contributed by atoms with Crippen molar-refractivity contribution in [3.63, 3.8) is 0 Å². The predicted octanol–water partition coefficient (Wildman–Crippen LogP) is 2.83. The molecule has 4 nitrogen and oxygen atoms in total. The Morgan fingerprint density at radius 1 is 1.15 bits per heavy atom. The molecule has 1 aromatic carbocycles. The van der Waals surface area contributed by atoms with Crippen LogP contribution in [0.2, 0.25) is 0 Å². The fraction of sp³-hybridized carbons (Fsp3) is 0.312. The van der Waals surface area contributed by atoms with Crippen molar-refractivity contribution in [3.05, 3.63) is 47.7 Å². The molecule has 0 fully saturated rings. The number of pyridine rings is 1. The molecule has 2 rings (SSSR count). The number of nitrogens with two attached hydrogens (primary N) is 1. The number of anilines is 3. The Kier molecular flexibility index (Phi) is 4.45. The van der Waals surface area contributed by atoms with Gasteiger partial charge in [0.15, 0.2) is 0 Å².